The Morgan fingerprint density at radius 3 is 2.90 bits per heavy atom. The molecule has 7 nitrogen and oxygen atoms in total. The second-order valence-corrected chi connectivity index (χ2v) is 10.3. The quantitative estimate of drug-likeness (QED) is 0.472. The SMILES string of the molecule is CCOC(=O)c1c(NC(=O)C[C@@H]2SC(=S)N(Cc3ccoc3)C2=O)sc2c1CCCC2. The van der Waals surface area contributed by atoms with Gasteiger partial charge in [0.1, 0.15) is 9.32 Å². The Morgan fingerprint density at radius 1 is 1.35 bits per heavy atom. The third-order valence-electron chi connectivity index (χ3n) is 5.20. The van der Waals surface area contributed by atoms with E-state index in [1.54, 1.807) is 25.5 Å². The molecule has 1 saturated heterocycles. The standard InChI is InChI=1S/C21H22N2O5S3/c1-2-28-20(26)17-13-5-3-4-6-14(13)30-18(17)22-16(24)9-15-19(25)23(21(29)31-15)10-12-7-8-27-11-12/h7-8,11,15H,2-6,9-10H2,1H3,(H,22,24)/t15-/m0/s1. The van der Waals surface area contributed by atoms with Gasteiger partial charge >= 0.3 is 5.97 Å². The molecule has 4 rings (SSSR count). The molecule has 2 aliphatic rings. The molecule has 10 heteroatoms. The molecule has 0 unspecified atom stereocenters. The molecule has 0 saturated carbocycles. The van der Waals surface area contributed by atoms with Gasteiger partial charge in [-0.05, 0) is 44.2 Å². The number of carbonyl (C=O) groups excluding carboxylic acids is 3. The number of hydrogen-bond acceptors (Lipinski definition) is 8. The lowest BCUT2D eigenvalue weighted by atomic mass is 9.95. The minimum absolute atomic E-state index is 0.0175. The minimum Gasteiger partial charge on any atom is -0.472 e. The number of esters is 1. The molecular formula is C21H22N2O5S3. The largest absolute Gasteiger partial charge is 0.472 e. The van der Waals surface area contributed by atoms with Crippen molar-refractivity contribution in [3.8, 4) is 0 Å². The summed E-state index contributed by atoms with van der Waals surface area (Å²) in [6.45, 7) is 2.36. The molecule has 2 amide bonds. The van der Waals surface area contributed by atoms with E-state index in [2.05, 4.69) is 5.32 Å². The van der Waals surface area contributed by atoms with Gasteiger partial charge in [0.15, 0.2) is 0 Å². The first-order chi connectivity index (χ1) is 15.0. The molecule has 2 aromatic rings. The number of nitrogens with zero attached hydrogens (tertiary/aromatic N) is 1. The zero-order valence-corrected chi connectivity index (χ0v) is 19.4. The zero-order valence-electron chi connectivity index (χ0n) is 17.0. The summed E-state index contributed by atoms with van der Waals surface area (Å²) in [5, 5.41) is 2.80. The highest BCUT2D eigenvalue weighted by molar-refractivity contribution is 8.24. The van der Waals surface area contributed by atoms with E-state index in [-0.39, 0.29) is 24.8 Å². The minimum atomic E-state index is -0.583. The summed E-state index contributed by atoms with van der Waals surface area (Å²) >= 11 is 7.99. The average molecular weight is 479 g/mol. The lowest BCUT2D eigenvalue weighted by Gasteiger charge is -2.14. The first kappa shape index (κ1) is 22.0. The molecule has 1 aliphatic carbocycles. The molecule has 1 atom stereocenters. The van der Waals surface area contributed by atoms with E-state index in [9.17, 15) is 14.4 Å². The number of thiophene rings is 1. The smallest absolute Gasteiger partial charge is 0.341 e. The van der Waals surface area contributed by atoms with E-state index >= 15 is 0 Å². The number of ether oxygens (including phenoxy) is 1. The predicted molar refractivity (Wildman–Crippen MR) is 123 cm³/mol. The summed E-state index contributed by atoms with van der Waals surface area (Å²) < 4.78 is 10.7. The van der Waals surface area contributed by atoms with Crippen molar-refractivity contribution >= 4 is 62.4 Å². The molecular weight excluding hydrogens is 456 g/mol. The summed E-state index contributed by atoms with van der Waals surface area (Å²) in [6, 6.07) is 1.77. The van der Waals surface area contributed by atoms with Crippen molar-refractivity contribution in [2.75, 3.05) is 11.9 Å². The number of thioether (sulfide) groups is 1. The Labute approximate surface area is 193 Å². The lowest BCUT2D eigenvalue weighted by Crippen LogP contribution is -2.32. The van der Waals surface area contributed by atoms with E-state index in [1.165, 1.54) is 28.0 Å². The maximum Gasteiger partial charge on any atom is 0.341 e. The third kappa shape index (κ3) is 4.70. The normalized spacial score (nSPS) is 18.2. The molecule has 2 aromatic heterocycles. The summed E-state index contributed by atoms with van der Waals surface area (Å²) in [6.07, 6.45) is 6.88. The number of furan rings is 1. The Hall–Kier alpha value is -2.17. The van der Waals surface area contributed by atoms with Crippen molar-refractivity contribution in [2.24, 2.45) is 0 Å². The molecule has 3 heterocycles. The monoisotopic (exact) mass is 478 g/mol. The summed E-state index contributed by atoms with van der Waals surface area (Å²) in [4.78, 5) is 40.8. The van der Waals surface area contributed by atoms with Crippen molar-refractivity contribution in [3.63, 3.8) is 0 Å². The summed E-state index contributed by atoms with van der Waals surface area (Å²) in [5.41, 5.74) is 2.30. The van der Waals surface area contributed by atoms with Gasteiger partial charge in [0, 0.05) is 16.9 Å². The number of aryl methyl sites for hydroxylation is 1. The number of nitrogens with one attached hydrogen (secondary N) is 1. The van der Waals surface area contributed by atoms with E-state index in [0.717, 1.165) is 41.7 Å². The van der Waals surface area contributed by atoms with Gasteiger partial charge in [-0.25, -0.2) is 4.79 Å². The number of anilines is 1. The maximum atomic E-state index is 12.8. The zero-order chi connectivity index (χ0) is 22.0. The van der Waals surface area contributed by atoms with Gasteiger partial charge in [0.2, 0.25) is 11.8 Å². The van der Waals surface area contributed by atoms with Crippen LogP contribution in [-0.2, 0) is 33.7 Å². The maximum absolute atomic E-state index is 12.8. The molecule has 31 heavy (non-hydrogen) atoms. The first-order valence-corrected chi connectivity index (χ1v) is 12.2. The van der Waals surface area contributed by atoms with E-state index in [1.807, 2.05) is 0 Å². The van der Waals surface area contributed by atoms with Crippen molar-refractivity contribution in [3.05, 3.63) is 40.2 Å². The first-order valence-electron chi connectivity index (χ1n) is 10.1. The fourth-order valence-corrected chi connectivity index (χ4v) is 6.54. The van der Waals surface area contributed by atoms with Crippen LogP contribution in [0.15, 0.2) is 23.0 Å². The van der Waals surface area contributed by atoms with E-state index < -0.39 is 11.2 Å². The highest BCUT2D eigenvalue weighted by Gasteiger charge is 2.38. The number of amides is 2. The van der Waals surface area contributed by atoms with Gasteiger partial charge < -0.3 is 14.5 Å². The van der Waals surface area contributed by atoms with E-state index in [4.69, 9.17) is 21.4 Å². The third-order valence-corrected chi connectivity index (χ3v) is 7.99. The van der Waals surface area contributed by atoms with Crippen LogP contribution in [0.5, 0.6) is 0 Å². The molecule has 1 fully saturated rings. The molecule has 0 spiro atoms. The Morgan fingerprint density at radius 2 is 2.16 bits per heavy atom. The van der Waals surface area contributed by atoms with Crippen LogP contribution in [0.1, 0.15) is 52.5 Å². The van der Waals surface area contributed by atoms with Crippen LogP contribution in [0.3, 0.4) is 0 Å². The lowest BCUT2D eigenvalue weighted by molar-refractivity contribution is -0.128. The number of rotatable bonds is 7. The average Bonchev–Trinajstić information content (AvgIpc) is 3.43. The second-order valence-electron chi connectivity index (χ2n) is 7.32. The summed E-state index contributed by atoms with van der Waals surface area (Å²) in [5.74, 6) is -0.915. The fourth-order valence-electron chi connectivity index (χ4n) is 3.76. The number of thiocarbonyl (C=S) groups is 1. The molecule has 1 N–H and O–H groups in total. The number of hydrogen-bond donors (Lipinski definition) is 1. The van der Waals surface area contributed by atoms with E-state index in [0.29, 0.717) is 21.4 Å². The highest BCUT2D eigenvalue weighted by atomic mass is 32.2. The van der Waals surface area contributed by atoms with Crippen molar-refractivity contribution < 1.29 is 23.5 Å². The van der Waals surface area contributed by atoms with Crippen LogP contribution in [0.25, 0.3) is 0 Å². The van der Waals surface area contributed by atoms with Gasteiger partial charge in [0.05, 0.1) is 36.5 Å². The van der Waals surface area contributed by atoms with Crippen LogP contribution in [0.4, 0.5) is 5.00 Å². The Balaban J connectivity index is 1.45. The van der Waals surface area contributed by atoms with Gasteiger partial charge in [-0.2, -0.15) is 0 Å². The van der Waals surface area contributed by atoms with Gasteiger partial charge in [-0.15, -0.1) is 11.3 Å². The topological polar surface area (TPSA) is 88.8 Å². The van der Waals surface area contributed by atoms with Crippen LogP contribution in [-0.4, -0.2) is 38.9 Å². The van der Waals surface area contributed by atoms with Crippen LogP contribution >= 0.6 is 35.3 Å². The summed E-state index contributed by atoms with van der Waals surface area (Å²) in [7, 11) is 0. The molecule has 0 radical (unpaired) electrons. The Kier molecular flexibility index (Phi) is 6.78. The van der Waals surface area contributed by atoms with Crippen LogP contribution in [0, 0.1) is 0 Å². The predicted octanol–water partition coefficient (Wildman–Crippen LogP) is 4.15. The van der Waals surface area contributed by atoms with Crippen LogP contribution in [0.2, 0.25) is 0 Å². The van der Waals surface area contributed by atoms with Crippen molar-refractivity contribution in [2.45, 2.75) is 50.8 Å². The fraction of sp³-hybridized carbons (Fsp3) is 0.429. The van der Waals surface area contributed by atoms with Crippen molar-refractivity contribution in [1.29, 1.82) is 0 Å². The molecule has 164 valence electrons. The molecule has 0 aromatic carbocycles. The van der Waals surface area contributed by atoms with Crippen LogP contribution < -0.4 is 5.32 Å². The number of carbonyl (C=O) groups is 3. The molecule has 0 bridgehead atoms. The molecule has 1 aliphatic heterocycles. The number of fused-ring (bicyclic) bond motifs is 1. The van der Waals surface area contributed by atoms with Gasteiger partial charge in [-0.1, -0.05) is 24.0 Å². The van der Waals surface area contributed by atoms with Crippen molar-refractivity contribution in [1.82, 2.24) is 4.90 Å². The Bertz CT molecular complexity index is 1010. The van der Waals surface area contributed by atoms with Gasteiger partial charge in [-0.3, -0.25) is 14.5 Å². The van der Waals surface area contributed by atoms with Gasteiger partial charge in [0.25, 0.3) is 0 Å². The highest BCUT2D eigenvalue weighted by Crippen LogP contribution is 2.39. The second kappa shape index (κ2) is 9.54.